The lowest BCUT2D eigenvalue weighted by molar-refractivity contribution is 0.849. The van der Waals surface area contributed by atoms with E-state index in [4.69, 9.17) is 34.8 Å². The zero-order valence-electron chi connectivity index (χ0n) is 9.91. The Morgan fingerprint density at radius 3 is 2.16 bits per heavy atom. The highest BCUT2D eigenvalue weighted by molar-refractivity contribution is 6.35. The van der Waals surface area contributed by atoms with E-state index in [-0.39, 0.29) is 5.92 Å². The van der Waals surface area contributed by atoms with Crippen molar-refractivity contribution in [2.75, 3.05) is 0 Å². The predicted molar refractivity (Wildman–Crippen MR) is 80.0 cm³/mol. The maximum absolute atomic E-state index is 9.32. The van der Waals surface area contributed by atoms with Gasteiger partial charge in [0.15, 0.2) is 0 Å². The van der Waals surface area contributed by atoms with Crippen molar-refractivity contribution in [3.63, 3.8) is 0 Å². The molecule has 19 heavy (non-hydrogen) atoms. The highest BCUT2D eigenvalue weighted by Gasteiger charge is 2.15. The molecule has 0 bridgehead atoms. The minimum atomic E-state index is -0.300. The molecule has 0 saturated heterocycles. The van der Waals surface area contributed by atoms with Gasteiger partial charge in [-0.2, -0.15) is 5.26 Å². The summed E-state index contributed by atoms with van der Waals surface area (Å²) in [5.74, 6) is -0.300. The average Bonchev–Trinajstić information content (AvgIpc) is 2.39. The molecule has 1 atom stereocenters. The maximum atomic E-state index is 9.32. The van der Waals surface area contributed by atoms with Gasteiger partial charge in [0.25, 0.3) is 0 Å². The highest BCUT2D eigenvalue weighted by atomic mass is 35.5. The van der Waals surface area contributed by atoms with Crippen molar-refractivity contribution in [1.29, 1.82) is 5.26 Å². The minimum Gasteiger partial charge on any atom is -0.198 e. The molecular formula is C15H10Cl3N. The second-order valence-electron chi connectivity index (χ2n) is 4.18. The van der Waals surface area contributed by atoms with Gasteiger partial charge in [0.1, 0.15) is 0 Å². The normalized spacial score (nSPS) is 11.9. The molecule has 0 spiro atoms. The summed E-state index contributed by atoms with van der Waals surface area (Å²) in [5, 5.41) is 11.1. The molecule has 4 heteroatoms. The molecule has 0 heterocycles. The fourth-order valence-corrected chi connectivity index (χ4v) is 2.53. The van der Waals surface area contributed by atoms with Gasteiger partial charge < -0.3 is 0 Å². The summed E-state index contributed by atoms with van der Waals surface area (Å²) >= 11 is 17.8. The van der Waals surface area contributed by atoms with Gasteiger partial charge in [-0.1, -0.05) is 53.0 Å². The van der Waals surface area contributed by atoms with E-state index in [1.54, 1.807) is 18.2 Å². The molecule has 0 aromatic heterocycles. The number of rotatable bonds is 3. The Labute approximate surface area is 127 Å². The zero-order chi connectivity index (χ0) is 13.8. The third-order valence-electron chi connectivity index (χ3n) is 2.85. The molecule has 2 rings (SSSR count). The van der Waals surface area contributed by atoms with Crippen LogP contribution in [-0.2, 0) is 6.42 Å². The van der Waals surface area contributed by atoms with Crippen LogP contribution in [0.25, 0.3) is 0 Å². The Morgan fingerprint density at radius 1 is 0.947 bits per heavy atom. The zero-order valence-corrected chi connectivity index (χ0v) is 12.2. The van der Waals surface area contributed by atoms with Crippen LogP contribution in [0.5, 0.6) is 0 Å². The van der Waals surface area contributed by atoms with Crippen molar-refractivity contribution in [3.8, 4) is 6.07 Å². The van der Waals surface area contributed by atoms with Crippen molar-refractivity contribution in [3.05, 3.63) is 68.7 Å². The summed E-state index contributed by atoms with van der Waals surface area (Å²) in [7, 11) is 0. The van der Waals surface area contributed by atoms with E-state index in [1.165, 1.54) is 0 Å². The summed E-state index contributed by atoms with van der Waals surface area (Å²) < 4.78 is 0. The smallest absolute Gasteiger partial charge is 0.0767 e. The standard InChI is InChI=1S/C15H10Cl3N/c16-12-3-1-10(2-4-12)7-11(9-19)14-6-5-13(17)8-15(14)18/h1-6,8,11H,7H2. The van der Waals surface area contributed by atoms with E-state index in [2.05, 4.69) is 6.07 Å². The Morgan fingerprint density at radius 2 is 1.58 bits per heavy atom. The van der Waals surface area contributed by atoms with E-state index in [1.807, 2.05) is 24.3 Å². The van der Waals surface area contributed by atoms with Gasteiger partial charge in [-0.25, -0.2) is 0 Å². The Balaban J connectivity index is 2.25. The van der Waals surface area contributed by atoms with Crippen LogP contribution in [0.1, 0.15) is 17.0 Å². The first-order valence-electron chi connectivity index (χ1n) is 5.69. The van der Waals surface area contributed by atoms with Crippen LogP contribution in [0.3, 0.4) is 0 Å². The number of nitriles is 1. The lowest BCUT2D eigenvalue weighted by Crippen LogP contribution is -2.01. The molecule has 0 fully saturated rings. The number of hydrogen-bond acceptors (Lipinski definition) is 1. The summed E-state index contributed by atoms with van der Waals surface area (Å²) in [6.07, 6.45) is 0.592. The van der Waals surface area contributed by atoms with Gasteiger partial charge in [-0.05, 0) is 41.8 Å². The fraction of sp³-hybridized carbons (Fsp3) is 0.133. The van der Waals surface area contributed by atoms with Gasteiger partial charge in [0.05, 0.1) is 12.0 Å². The van der Waals surface area contributed by atoms with Crippen molar-refractivity contribution in [2.45, 2.75) is 12.3 Å². The van der Waals surface area contributed by atoms with Gasteiger partial charge in [0, 0.05) is 15.1 Å². The van der Waals surface area contributed by atoms with Gasteiger partial charge in [0.2, 0.25) is 0 Å². The van der Waals surface area contributed by atoms with E-state index in [9.17, 15) is 5.26 Å². The van der Waals surface area contributed by atoms with E-state index in [0.717, 1.165) is 11.1 Å². The van der Waals surface area contributed by atoms with Crippen LogP contribution in [-0.4, -0.2) is 0 Å². The first kappa shape index (κ1) is 14.2. The highest BCUT2D eigenvalue weighted by Crippen LogP contribution is 2.29. The first-order chi connectivity index (χ1) is 9.10. The molecule has 1 unspecified atom stereocenters. The second kappa shape index (κ2) is 6.30. The monoisotopic (exact) mass is 309 g/mol. The molecule has 0 saturated carbocycles. The Bertz CT molecular complexity index is 614. The molecule has 1 nitrogen and oxygen atoms in total. The molecule has 0 N–H and O–H groups in total. The predicted octanol–water partition coefficient (Wildman–Crippen LogP) is 5.50. The van der Waals surface area contributed by atoms with Gasteiger partial charge in [-0.15, -0.1) is 0 Å². The fourth-order valence-electron chi connectivity index (χ4n) is 1.87. The molecule has 0 amide bonds. The van der Waals surface area contributed by atoms with Gasteiger partial charge >= 0.3 is 0 Å². The van der Waals surface area contributed by atoms with E-state index < -0.39 is 0 Å². The van der Waals surface area contributed by atoms with Crippen LogP contribution in [0, 0.1) is 11.3 Å². The van der Waals surface area contributed by atoms with Crippen molar-refractivity contribution >= 4 is 34.8 Å². The van der Waals surface area contributed by atoms with E-state index in [0.29, 0.717) is 21.5 Å². The summed E-state index contributed by atoms with van der Waals surface area (Å²) in [6, 6.07) is 14.9. The average molecular weight is 311 g/mol. The van der Waals surface area contributed by atoms with Crippen LogP contribution < -0.4 is 0 Å². The first-order valence-corrected chi connectivity index (χ1v) is 6.82. The summed E-state index contributed by atoms with van der Waals surface area (Å²) in [4.78, 5) is 0. The number of halogens is 3. The van der Waals surface area contributed by atoms with Crippen molar-refractivity contribution < 1.29 is 0 Å². The molecule has 0 aliphatic carbocycles. The molecular weight excluding hydrogens is 301 g/mol. The summed E-state index contributed by atoms with van der Waals surface area (Å²) in [5.41, 5.74) is 1.84. The molecule has 0 aliphatic rings. The quantitative estimate of drug-likeness (QED) is 0.734. The van der Waals surface area contributed by atoms with E-state index >= 15 is 0 Å². The van der Waals surface area contributed by atoms with Gasteiger partial charge in [-0.3, -0.25) is 0 Å². The summed E-state index contributed by atoms with van der Waals surface area (Å²) in [6.45, 7) is 0. The SMILES string of the molecule is N#CC(Cc1ccc(Cl)cc1)c1ccc(Cl)cc1Cl. The van der Waals surface area contributed by atoms with Crippen molar-refractivity contribution in [1.82, 2.24) is 0 Å². The second-order valence-corrected chi connectivity index (χ2v) is 5.46. The molecule has 0 aliphatic heterocycles. The minimum absolute atomic E-state index is 0.300. The van der Waals surface area contributed by atoms with Crippen LogP contribution in [0.2, 0.25) is 15.1 Å². The molecule has 0 radical (unpaired) electrons. The topological polar surface area (TPSA) is 23.8 Å². The Kier molecular flexibility index (Phi) is 4.71. The Hall–Kier alpha value is -1.20. The third-order valence-corrected chi connectivity index (χ3v) is 3.66. The van der Waals surface area contributed by atoms with Crippen molar-refractivity contribution in [2.24, 2.45) is 0 Å². The molecule has 2 aromatic rings. The van der Waals surface area contributed by atoms with Crippen LogP contribution >= 0.6 is 34.8 Å². The third kappa shape index (κ3) is 3.64. The maximum Gasteiger partial charge on any atom is 0.0767 e. The lowest BCUT2D eigenvalue weighted by Gasteiger charge is -2.11. The molecule has 2 aromatic carbocycles. The largest absolute Gasteiger partial charge is 0.198 e. The number of benzene rings is 2. The van der Waals surface area contributed by atoms with Crippen LogP contribution in [0.15, 0.2) is 42.5 Å². The lowest BCUT2D eigenvalue weighted by atomic mass is 9.93. The van der Waals surface area contributed by atoms with Crippen LogP contribution in [0.4, 0.5) is 0 Å². The number of nitrogens with zero attached hydrogens (tertiary/aromatic N) is 1. The molecule has 96 valence electrons. The number of hydrogen-bond donors (Lipinski definition) is 0.